The second-order valence-electron chi connectivity index (χ2n) is 6.38. The summed E-state index contributed by atoms with van der Waals surface area (Å²) in [6, 6.07) is 14.6. The van der Waals surface area contributed by atoms with Gasteiger partial charge in [-0.2, -0.15) is 0 Å². The molecule has 30 heavy (non-hydrogen) atoms. The summed E-state index contributed by atoms with van der Waals surface area (Å²) < 4.78 is 37.4. The number of amides is 1. The van der Waals surface area contributed by atoms with Crippen LogP contribution in [0.25, 0.3) is 11.0 Å². The number of hydrogen-bond acceptors (Lipinski definition) is 7. The number of fused-ring (bicyclic) bond motifs is 1. The van der Waals surface area contributed by atoms with E-state index < -0.39 is 15.9 Å². The fourth-order valence-electron chi connectivity index (χ4n) is 2.74. The third-order valence-corrected chi connectivity index (χ3v) is 5.52. The summed E-state index contributed by atoms with van der Waals surface area (Å²) in [6.45, 7) is 1.64. The van der Waals surface area contributed by atoms with Gasteiger partial charge in [0, 0.05) is 17.8 Å². The third-order valence-electron chi connectivity index (χ3n) is 4.15. The molecule has 0 aliphatic rings. The minimum absolute atomic E-state index is 0.0293. The smallest absolute Gasteiger partial charge is 0.291 e. The highest BCUT2D eigenvalue weighted by atomic mass is 32.2. The number of benzene rings is 2. The monoisotopic (exact) mass is 425 g/mol. The average Bonchev–Trinajstić information content (AvgIpc) is 3.12. The van der Waals surface area contributed by atoms with Gasteiger partial charge in [0.15, 0.2) is 17.0 Å². The van der Waals surface area contributed by atoms with Crippen molar-refractivity contribution in [2.45, 2.75) is 11.8 Å². The van der Waals surface area contributed by atoms with Crippen LogP contribution in [0.2, 0.25) is 0 Å². The molecule has 0 bridgehead atoms. The summed E-state index contributed by atoms with van der Waals surface area (Å²) in [5.74, 6) is -0.259. The Morgan fingerprint density at radius 2 is 1.77 bits per heavy atom. The minimum atomic E-state index is -3.87. The second-order valence-corrected chi connectivity index (χ2v) is 8.06. The van der Waals surface area contributed by atoms with Gasteiger partial charge in [-0.3, -0.25) is 14.3 Å². The highest BCUT2D eigenvalue weighted by Crippen LogP contribution is 2.19. The van der Waals surface area contributed by atoms with Gasteiger partial charge in [0.05, 0.1) is 10.3 Å². The molecule has 0 unspecified atom stereocenters. The minimum Gasteiger partial charge on any atom is -0.451 e. The number of carbonyl (C=O) groups is 1. The quantitative estimate of drug-likeness (QED) is 0.502. The summed E-state index contributed by atoms with van der Waals surface area (Å²) in [4.78, 5) is 24.6. The fraction of sp³-hybridized carbons (Fsp3) is 0.0500. The number of anilines is 2. The standard InChI is InChI=1S/C20H15N3O6S/c1-12-10-19(22-29-12)23-30(26,27)14-8-6-13(7-9-14)21-20(25)18-11-16(24)15-4-2-3-5-17(15)28-18/h2-11H,1H3,(H,21,25)(H,22,23). The molecule has 0 saturated carbocycles. The van der Waals surface area contributed by atoms with Crippen LogP contribution in [0.5, 0.6) is 0 Å². The Balaban J connectivity index is 1.52. The maximum absolute atomic E-state index is 12.4. The molecule has 152 valence electrons. The van der Waals surface area contributed by atoms with Gasteiger partial charge in [0.1, 0.15) is 11.3 Å². The van der Waals surface area contributed by atoms with E-state index in [2.05, 4.69) is 15.2 Å². The van der Waals surface area contributed by atoms with Gasteiger partial charge in [-0.1, -0.05) is 17.3 Å². The summed E-state index contributed by atoms with van der Waals surface area (Å²) >= 11 is 0. The van der Waals surface area contributed by atoms with Crippen LogP contribution in [0, 0.1) is 6.92 Å². The van der Waals surface area contributed by atoms with Crippen molar-refractivity contribution >= 4 is 38.4 Å². The highest BCUT2D eigenvalue weighted by Gasteiger charge is 2.17. The van der Waals surface area contributed by atoms with E-state index in [1.807, 2.05) is 0 Å². The number of aromatic nitrogens is 1. The first-order chi connectivity index (χ1) is 14.3. The Morgan fingerprint density at radius 1 is 1.03 bits per heavy atom. The van der Waals surface area contributed by atoms with Crippen LogP contribution < -0.4 is 15.5 Å². The summed E-state index contributed by atoms with van der Waals surface area (Å²) in [5, 5.41) is 6.53. The molecule has 9 nitrogen and oxygen atoms in total. The topological polar surface area (TPSA) is 132 Å². The molecule has 2 N–H and O–H groups in total. The number of carbonyl (C=O) groups excluding carboxylic acids is 1. The van der Waals surface area contributed by atoms with Crippen LogP contribution >= 0.6 is 0 Å². The first-order valence-electron chi connectivity index (χ1n) is 8.72. The van der Waals surface area contributed by atoms with Gasteiger partial charge in [0.2, 0.25) is 0 Å². The number of nitrogens with one attached hydrogen (secondary N) is 2. The first-order valence-corrected chi connectivity index (χ1v) is 10.2. The molecule has 4 rings (SSSR count). The predicted molar refractivity (Wildman–Crippen MR) is 109 cm³/mol. The first kappa shape index (κ1) is 19.4. The Bertz CT molecular complexity index is 1400. The van der Waals surface area contributed by atoms with Crippen LogP contribution in [0.1, 0.15) is 16.3 Å². The van der Waals surface area contributed by atoms with Gasteiger partial charge >= 0.3 is 0 Å². The van der Waals surface area contributed by atoms with Gasteiger partial charge in [-0.25, -0.2) is 8.42 Å². The largest absolute Gasteiger partial charge is 0.451 e. The van der Waals surface area contributed by atoms with Crippen LogP contribution in [0.15, 0.2) is 79.3 Å². The third kappa shape index (κ3) is 3.94. The Labute approximate surface area is 170 Å². The van der Waals surface area contributed by atoms with Crippen molar-refractivity contribution in [1.29, 1.82) is 0 Å². The Kier molecular flexibility index (Phi) is 4.84. The van der Waals surface area contributed by atoms with E-state index in [0.717, 1.165) is 6.07 Å². The van der Waals surface area contributed by atoms with Crippen molar-refractivity contribution in [2.24, 2.45) is 0 Å². The van der Waals surface area contributed by atoms with Crippen molar-refractivity contribution in [3.63, 3.8) is 0 Å². The molecule has 0 atom stereocenters. The van der Waals surface area contributed by atoms with Crippen molar-refractivity contribution in [3.8, 4) is 0 Å². The lowest BCUT2D eigenvalue weighted by molar-refractivity contribution is 0.0997. The van der Waals surface area contributed by atoms with Crippen molar-refractivity contribution in [2.75, 3.05) is 10.0 Å². The lowest BCUT2D eigenvalue weighted by atomic mass is 10.2. The molecule has 0 radical (unpaired) electrons. The number of rotatable bonds is 5. The molecule has 2 aromatic carbocycles. The summed E-state index contributed by atoms with van der Waals surface area (Å²) in [5.41, 5.74) is 0.287. The maximum Gasteiger partial charge on any atom is 0.291 e. The molecule has 0 fully saturated rings. The summed E-state index contributed by atoms with van der Waals surface area (Å²) in [6.07, 6.45) is 0. The van der Waals surface area contributed by atoms with E-state index in [9.17, 15) is 18.0 Å². The number of sulfonamides is 1. The molecule has 0 aliphatic carbocycles. The average molecular weight is 425 g/mol. The van der Waals surface area contributed by atoms with Crippen LogP contribution in [0.3, 0.4) is 0 Å². The van der Waals surface area contributed by atoms with E-state index in [4.69, 9.17) is 8.94 Å². The lowest BCUT2D eigenvalue weighted by Crippen LogP contribution is -2.15. The summed E-state index contributed by atoms with van der Waals surface area (Å²) in [7, 11) is -3.87. The fourth-order valence-corrected chi connectivity index (χ4v) is 3.72. The molecule has 0 spiro atoms. The molecule has 2 aromatic heterocycles. The van der Waals surface area contributed by atoms with Crippen LogP contribution in [-0.2, 0) is 10.0 Å². The van der Waals surface area contributed by atoms with E-state index in [-0.39, 0.29) is 21.9 Å². The predicted octanol–water partition coefficient (Wildman–Crippen LogP) is 3.14. The molecule has 0 aliphatic heterocycles. The van der Waals surface area contributed by atoms with Gasteiger partial charge in [-0.05, 0) is 43.3 Å². The van der Waals surface area contributed by atoms with Crippen molar-refractivity contribution < 1.29 is 22.2 Å². The van der Waals surface area contributed by atoms with Crippen molar-refractivity contribution in [1.82, 2.24) is 5.16 Å². The Hall–Kier alpha value is -3.92. The van der Waals surface area contributed by atoms with Crippen LogP contribution in [-0.4, -0.2) is 19.5 Å². The number of para-hydroxylation sites is 1. The second kappa shape index (κ2) is 7.48. The number of nitrogens with zero attached hydrogens (tertiary/aromatic N) is 1. The van der Waals surface area contributed by atoms with E-state index in [1.165, 1.54) is 30.3 Å². The number of aryl methyl sites for hydroxylation is 1. The maximum atomic E-state index is 12.4. The molecule has 1 amide bonds. The van der Waals surface area contributed by atoms with E-state index >= 15 is 0 Å². The zero-order valence-electron chi connectivity index (χ0n) is 15.6. The molecule has 10 heteroatoms. The van der Waals surface area contributed by atoms with Gasteiger partial charge in [0.25, 0.3) is 15.9 Å². The van der Waals surface area contributed by atoms with Crippen LogP contribution in [0.4, 0.5) is 11.5 Å². The molecular weight excluding hydrogens is 410 g/mol. The molecule has 0 saturated heterocycles. The normalized spacial score (nSPS) is 11.4. The van der Waals surface area contributed by atoms with Gasteiger partial charge < -0.3 is 14.3 Å². The van der Waals surface area contributed by atoms with E-state index in [1.54, 1.807) is 31.2 Å². The molecular formula is C20H15N3O6S. The molecule has 2 heterocycles. The number of hydrogen-bond donors (Lipinski definition) is 2. The van der Waals surface area contributed by atoms with Crippen molar-refractivity contribution in [3.05, 3.63) is 82.4 Å². The highest BCUT2D eigenvalue weighted by molar-refractivity contribution is 7.92. The Morgan fingerprint density at radius 3 is 2.47 bits per heavy atom. The molecule has 4 aromatic rings. The lowest BCUT2D eigenvalue weighted by Gasteiger charge is -2.08. The SMILES string of the molecule is Cc1cc(NS(=O)(=O)c2ccc(NC(=O)c3cc(=O)c4ccccc4o3)cc2)no1. The van der Waals surface area contributed by atoms with E-state index in [0.29, 0.717) is 22.4 Å². The van der Waals surface area contributed by atoms with Gasteiger partial charge in [-0.15, -0.1) is 0 Å². The zero-order valence-corrected chi connectivity index (χ0v) is 16.4. The zero-order chi connectivity index (χ0) is 21.3.